The van der Waals surface area contributed by atoms with Gasteiger partial charge in [0.1, 0.15) is 17.5 Å². The van der Waals surface area contributed by atoms with Gasteiger partial charge in [0.25, 0.3) is 0 Å². The predicted octanol–water partition coefficient (Wildman–Crippen LogP) is 2.88. The largest absolute Gasteiger partial charge is 0.384 e. The van der Waals surface area contributed by atoms with Crippen LogP contribution in [-0.2, 0) is 6.42 Å². The van der Waals surface area contributed by atoms with Gasteiger partial charge in [0, 0.05) is 25.6 Å². The Morgan fingerprint density at radius 1 is 1.28 bits per heavy atom. The van der Waals surface area contributed by atoms with E-state index in [9.17, 15) is 0 Å². The molecule has 0 aromatic carbocycles. The molecule has 0 aliphatic heterocycles. The summed E-state index contributed by atoms with van der Waals surface area (Å²) in [6.45, 7) is 10.7. The molecule has 0 aliphatic rings. The van der Waals surface area contributed by atoms with Crippen molar-refractivity contribution in [1.82, 2.24) is 9.97 Å². The first-order chi connectivity index (χ1) is 8.60. The molecule has 1 aromatic rings. The van der Waals surface area contributed by atoms with Gasteiger partial charge in [-0.3, -0.25) is 0 Å². The molecule has 0 amide bonds. The van der Waals surface area contributed by atoms with Crippen molar-refractivity contribution >= 4 is 11.6 Å². The molecular weight excluding hydrogens is 224 g/mol. The minimum atomic E-state index is 0.575. The van der Waals surface area contributed by atoms with E-state index in [2.05, 4.69) is 42.6 Å². The molecule has 0 bridgehead atoms. The summed E-state index contributed by atoms with van der Waals surface area (Å²) in [5.41, 5.74) is 5.87. The zero-order chi connectivity index (χ0) is 13.5. The van der Waals surface area contributed by atoms with Gasteiger partial charge in [0.05, 0.1) is 0 Å². The highest BCUT2D eigenvalue weighted by molar-refractivity contribution is 5.47. The van der Waals surface area contributed by atoms with Crippen molar-refractivity contribution < 1.29 is 0 Å². The average Bonchev–Trinajstić information content (AvgIpc) is 2.35. The second-order valence-corrected chi connectivity index (χ2v) is 4.87. The SMILES string of the molecule is CCCc1nc(N)cc(N(CC)CC(C)CC)n1. The lowest BCUT2D eigenvalue weighted by Gasteiger charge is -2.25. The van der Waals surface area contributed by atoms with Crippen LogP contribution in [0.5, 0.6) is 0 Å². The van der Waals surface area contributed by atoms with Crippen molar-refractivity contribution in [2.45, 2.75) is 47.0 Å². The molecule has 0 saturated carbocycles. The van der Waals surface area contributed by atoms with Crippen molar-refractivity contribution in [2.24, 2.45) is 5.92 Å². The zero-order valence-corrected chi connectivity index (χ0v) is 12.1. The Morgan fingerprint density at radius 2 is 2.00 bits per heavy atom. The van der Waals surface area contributed by atoms with Gasteiger partial charge < -0.3 is 10.6 Å². The Bertz CT molecular complexity index is 365. The van der Waals surface area contributed by atoms with E-state index in [1.807, 2.05) is 6.07 Å². The van der Waals surface area contributed by atoms with Gasteiger partial charge >= 0.3 is 0 Å². The van der Waals surface area contributed by atoms with E-state index in [1.165, 1.54) is 6.42 Å². The van der Waals surface area contributed by atoms with E-state index in [-0.39, 0.29) is 0 Å². The average molecular weight is 250 g/mol. The number of nitrogens with zero attached hydrogens (tertiary/aromatic N) is 3. The van der Waals surface area contributed by atoms with Crippen LogP contribution in [0.2, 0.25) is 0 Å². The number of anilines is 2. The summed E-state index contributed by atoms with van der Waals surface area (Å²) in [4.78, 5) is 11.2. The minimum Gasteiger partial charge on any atom is -0.384 e. The van der Waals surface area contributed by atoms with Gasteiger partial charge in [-0.1, -0.05) is 27.2 Å². The second-order valence-electron chi connectivity index (χ2n) is 4.87. The van der Waals surface area contributed by atoms with Crippen LogP contribution in [0, 0.1) is 5.92 Å². The number of rotatable bonds is 7. The summed E-state index contributed by atoms with van der Waals surface area (Å²) in [6, 6.07) is 1.88. The quantitative estimate of drug-likeness (QED) is 0.808. The fourth-order valence-corrected chi connectivity index (χ4v) is 1.89. The van der Waals surface area contributed by atoms with Crippen LogP contribution >= 0.6 is 0 Å². The summed E-state index contributed by atoms with van der Waals surface area (Å²) in [6.07, 6.45) is 3.11. The first kappa shape index (κ1) is 14.7. The number of aromatic nitrogens is 2. The normalized spacial score (nSPS) is 12.4. The summed E-state index contributed by atoms with van der Waals surface area (Å²) in [7, 11) is 0. The Morgan fingerprint density at radius 3 is 2.56 bits per heavy atom. The van der Waals surface area contributed by atoms with Crippen molar-refractivity contribution in [3.8, 4) is 0 Å². The van der Waals surface area contributed by atoms with E-state index < -0.39 is 0 Å². The smallest absolute Gasteiger partial charge is 0.134 e. The Balaban J connectivity index is 2.90. The fourth-order valence-electron chi connectivity index (χ4n) is 1.89. The number of hydrogen-bond acceptors (Lipinski definition) is 4. The lowest BCUT2D eigenvalue weighted by atomic mass is 10.1. The molecule has 0 saturated heterocycles. The number of nitrogen functional groups attached to an aromatic ring is 1. The molecule has 4 nitrogen and oxygen atoms in total. The molecule has 18 heavy (non-hydrogen) atoms. The van der Waals surface area contributed by atoms with Gasteiger partial charge in [-0.15, -0.1) is 0 Å². The summed E-state index contributed by atoms with van der Waals surface area (Å²) < 4.78 is 0. The van der Waals surface area contributed by atoms with Crippen LogP contribution in [-0.4, -0.2) is 23.1 Å². The Labute approximate surface area is 111 Å². The topological polar surface area (TPSA) is 55.0 Å². The molecule has 4 heteroatoms. The summed E-state index contributed by atoms with van der Waals surface area (Å²) in [5.74, 6) is 3.06. The van der Waals surface area contributed by atoms with Gasteiger partial charge in [-0.25, -0.2) is 9.97 Å². The lowest BCUT2D eigenvalue weighted by Crippen LogP contribution is -2.29. The van der Waals surface area contributed by atoms with Crippen LogP contribution in [0.25, 0.3) is 0 Å². The molecule has 1 aromatic heterocycles. The zero-order valence-electron chi connectivity index (χ0n) is 12.1. The van der Waals surface area contributed by atoms with Crippen LogP contribution in [0.4, 0.5) is 11.6 Å². The Hall–Kier alpha value is -1.32. The highest BCUT2D eigenvalue weighted by Crippen LogP contribution is 2.17. The number of aryl methyl sites for hydroxylation is 1. The lowest BCUT2D eigenvalue weighted by molar-refractivity contribution is 0.545. The molecule has 0 spiro atoms. The molecule has 102 valence electrons. The molecule has 0 radical (unpaired) electrons. The number of hydrogen-bond donors (Lipinski definition) is 1. The molecule has 1 rings (SSSR count). The monoisotopic (exact) mass is 250 g/mol. The van der Waals surface area contributed by atoms with Gasteiger partial charge in [-0.05, 0) is 19.3 Å². The van der Waals surface area contributed by atoms with Crippen molar-refractivity contribution in [2.75, 3.05) is 23.7 Å². The van der Waals surface area contributed by atoms with E-state index in [0.29, 0.717) is 11.7 Å². The van der Waals surface area contributed by atoms with Gasteiger partial charge in [-0.2, -0.15) is 0 Å². The van der Waals surface area contributed by atoms with E-state index in [0.717, 1.165) is 37.6 Å². The van der Waals surface area contributed by atoms with E-state index >= 15 is 0 Å². The van der Waals surface area contributed by atoms with Crippen LogP contribution in [0.15, 0.2) is 6.07 Å². The molecule has 0 aliphatic carbocycles. The Kier molecular flexibility index (Phi) is 5.89. The second kappa shape index (κ2) is 7.19. The van der Waals surface area contributed by atoms with E-state index in [1.54, 1.807) is 0 Å². The third-order valence-electron chi connectivity index (χ3n) is 3.19. The molecule has 0 fully saturated rings. The van der Waals surface area contributed by atoms with Crippen LogP contribution in [0.3, 0.4) is 0 Å². The van der Waals surface area contributed by atoms with Crippen molar-refractivity contribution in [1.29, 1.82) is 0 Å². The first-order valence-corrected chi connectivity index (χ1v) is 6.99. The van der Waals surface area contributed by atoms with Crippen molar-refractivity contribution in [3.05, 3.63) is 11.9 Å². The molecule has 1 heterocycles. The maximum absolute atomic E-state index is 5.87. The molecular formula is C14H26N4. The first-order valence-electron chi connectivity index (χ1n) is 6.99. The van der Waals surface area contributed by atoms with Crippen LogP contribution < -0.4 is 10.6 Å². The minimum absolute atomic E-state index is 0.575. The molecule has 1 unspecified atom stereocenters. The third-order valence-corrected chi connectivity index (χ3v) is 3.19. The fraction of sp³-hybridized carbons (Fsp3) is 0.714. The molecule has 1 atom stereocenters. The highest BCUT2D eigenvalue weighted by Gasteiger charge is 2.11. The standard InChI is InChI=1S/C14H26N4/c1-5-8-13-16-12(15)9-14(17-13)18(7-3)10-11(4)6-2/h9,11H,5-8,10H2,1-4H3,(H2,15,16,17). The maximum Gasteiger partial charge on any atom is 0.134 e. The summed E-state index contributed by atoms with van der Waals surface area (Å²) in [5, 5.41) is 0. The van der Waals surface area contributed by atoms with Crippen LogP contribution in [0.1, 0.15) is 46.4 Å². The van der Waals surface area contributed by atoms with Crippen molar-refractivity contribution in [3.63, 3.8) is 0 Å². The third kappa shape index (κ3) is 4.17. The van der Waals surface area contributed by atoms with Gasteiger partial charge in [0.2, 0.25) is 0 Å². The van der Waals surface area contributed by atoms with Gasteiger partial charge in [0.15, 0.2) is 0 Å². The molecule has 2 N–H and O–H groups in total. The summed E-state index contributed by atoms with van der Waals surface area (Å²) >= 11 is 0. The highest BCUT2D eigenvalue weighted by atomic mass is 15.2. The predicted molar refractivity (Wildman–Crippen MR) is 77.8 cm³/mol. The maximum atomic E-state index is 5.87. The number of nitrogens with two attached hydrogens (primary N) is 1. The van der Waals surface area contributed by atoms with E-state index in [4.69, 9.17) is 5.73 Å².